The largest absolute Gasteiger partial charge is 0.472 e. The first-order chi connectivity index (χ1) is 8.69. The van der Waals surface area contributed by atoms with Crippen LogP contribution in [0.3, 0.4) is 0 Å². The first kappa shape index (κ1) is 11.5. The van der Waals surface area contributed by atoms with Crippen molar-refractivity contribution in [3.8, 4) is 0 Å². The number of furan rings is 1. The molecule has 0 bridgehead atoms. The number of fused-ring (bicyclic) bond motifs is 1. The van der Waals surface area contributed by atoms with Crippen LogP contribution in [0.4, 0.5) is 0 Å². The van der Waals surface area contributed by atoms with E-state index in [9.17, 15) is 5.11 Å². The SMILES string of the molecule is CC1CCC(O)(Cc2ccoc2)c2ccccc21. The fourth-order valence-electron chi connectivity index (χ4n) is 3.01. The zero-order valence-corrected chi connectivity index (χ0v) is 10.6. The molecule has 1 aromatic carbocycles. The molecular weight excluding hydrogens is 224 g/mol. The van der Waals surface area contributed by atoms with E-state index in [2.05, 4.69) is 25.1 Å². The Morgan fingerprint density at radius 2 is 2.17 bits per heavy atom. The van der Waals surface area contributed by atoms with E-state index in [1.165, 1.54) is 5.56 Å². The summed E-state index contributed by atoms with van der Waals surface area (Å²) in [6.07, 6.45) is 5.86. The maximum absolute atomic E-state index is 11.0. The van der Waals surface area contributed by atoms with Crippen molar-refractivity contribution in [1.29, 1.82) is 0 Å². The molecule has 1 aliphatic rings. The molecule has 0 radical (unpaired) electrons. The minimum absolute atomic E-state index is 0.533. The average molecular weight is 242 g/mol. The van der Waals surface area contributed by atoms with Crippen molar-refractivity contribution >= 4 is 0 Å². The predicted octanol–water partition coefficient (Wildman–Crippen LogP) is 3.61. The molecule has 2 heteroatoms. The Hall–Kier alpha value is -1.54. The van der Waals surface area contributed by atoms with Crippen LogP contribution in [0.15, 0.2) is 47.3 Å². The van der Waals surface area contributed by atoms with Crippen LogP contribution in [0.2, 0.25) is 0 Å². The Kier molecular flexibility index (Phi) is 2.75. The van der Waals surface area contributed by atoms with E-state index < -0.39 is 5.60 Å². The van der Waals surface area contributed by atoms with Gasteiger partial charge in [0.15, 0.2) is 0 Å². The number of benzene rings is 1. The Bertz CT molecular complexity index is 530. The molecule has 94 valence electrons. The van der Waals surface area contributed by atoms with E-state index in [1.54, 1.807) is 12.5 Å². The van der Waals surface area contributed by atoms with Crippen LogP contribution in [0.1, 0.15) is 42.4 Å². The Morgan fingerprint density at radius 3 is 2.94 bits per heavy atom. The Labute approximate surface area is 107 Å². The standard InChI is InChI=1S/C16H18O2/c1-12-6-8-16(17,10-13-7-9-18-11-13)15-5-3-2-4-14(12)15/h2-5,7,9,11-12,17H,6,8,10H2,1H3. The molecule has 1 N–H and O–H groups in total. The molecule has 0 saturated heterocycles. The monoisotopic (exact) mass is 242 g/mol. The normalized spacial score (nSPS) is 26.9. The van der Waals surface area contributed by atoms with Crippen molar-refractivity contribution in [2.45, 2.75) is 37.7 Å². The highest BCUT2D eigenvalue weighted by molar-refractivity contribution is 5.38. The maximum atomic E-state index is 11.0. The van der Waals surface area contributed by atoms with Gasteiger partial charge in [-0.1, -0.05) is 31.2 Å². The molecule has 3 rings (SSSR count). The molecule has 0 aliphatic heterocycles. The highest BCUT2D eigenvalue weighted by Crippen LogP contribution is 2.42. The van der Waals surface area contributed by atoms with Crippen molar-refractivity contribution in [1.82, 2.24) is 0 Å². The van der Waals surface area contributed by atoms with E-state index >= 15 is 0 Å². The summed E-state index contributed by atoms with van der Waals surface area (Å²) in [7, 11) is 0. The summed E-state index contributed by atoms with van der Waals surface area (Å²) in [6.45, 7) is 2.23. The molecule has 18 heavy (non-hydrogen) atoms. The fourth-order valence-corrected chi connectivity index (χ4v) is 3.01. The van der Waals surface area contributed by atoms with Crippen LogP contribution in [-0.4, -0.2) is 5.11 Å². The lowest BCUT2D eigenvalue weighted by Gasteiger charge is -2.37. The second kappa shape index (κ2) is 4.29. The second-order valence-electron chi connectivity index (χ2n) is 5.37. The zero-order valence-electron chi connectivity index (χ0n) is 10.6. The molecule has 0 amide bonds. The topological polar surface area (TPSA) is 33.4 Å². The van der Waals surface area contributed by atoms with Crippen molar-refractivity contribution in [2.24, 2.45) is 0 Å². The third-order valence-electron chi connectivity index (χ3n) is 4.06. The molecule has 2 atom stereocenters. The lowest BCUT2D eigenvalue weighted by Crippen LogP contribution is -2.33. The van der Waals surface area contributed by atoms with E-state index in [0.29, 0.717) is 12.3 Å². The summed E-state index contributed by atoms with van der Waals surface area (Å²) >= 11 is 0. The van der Waals surface area contributed by atoms with Gasteiger partial charge in [-0.25, -0.2) is 0 Å². The molecule has 2 aromatic rings. The smallest absolute Gasteiger partial charge is 0.0940 e. The van der Waals surface area contributed by atoms with Gasteiger partial charge in [0.2, 0.25) is 0 Å². The van der Waals surface area contributed by atoms with Gasteiger partial charge in [0.1, 0.15) is 0 Å². The van der Waals surface area contributed by atoms with Crippen molar-refractivity contribution in [3.05, 3.63) is 59.5 Å². The van der Waals surface area contributed by atoms with Crippen LogP contribution in [0.5, 0.6) is 0 Å². The van der Waals surface area contributed by atoms with E-state index in [-0.39, 0.29) is 0 Å². The van der Waals surface area contributed by atoms with Gasteiger partial charge in [-0.2, -0.15) is 0 Å². The van der Waals surface area contributed by atoms with Gasteiger partial charge in [0.25, 0.3) is 0 Å². The Balaban J connectivity index is 2.00. The van der Waals surface area contributed by atoms with Crippen LogP contribution in [0, 0.1) is 0 Å². The highest BCUT2D eigenvalue weighted by atomic mass is 16.3. The summed E-state index contributed by atoms with van der Waals surface area (Å²) in [5.41, 5.74) is 2.69. The van der Waals surface area contributed by atoms with Gasteiger partial charge in [-0.3, -0.25) is 0 Å². The van der Waals surface area contributed by atoms with Crippen molar-refractivity contribution in [3.63, 3.8) is 0 Å². The van der Waals surface area contributed by atoms with E-state index in [4.69, 9.17) is 4.42 Å². The van der Waals surface area contributed by atoms with Crippen LogP contribution < -0.4 is 0 Å². The number of aliphatic hydroxyl groups is 1. The summed E-state index contributed by atoms with van der Waals surface area (Å²) in [4.78, 5) is 0. The highest BCUT2D eigenvalue weighted by Gasteiger charge is 2.36. The predicted molar refractivity (Wildman–Crippen MR) is 70.4 cm³/mol. The van der Waals surface area contributed by atoms with Gasteiger partial charge < -0.3 is 9.52 Å². The van der Waals surface area contributed by atoms with Gasteiger partial charge in [0, 0.05) is 6.42 Å². The van der Waals surface area contributed by atoms with Gasteiger partial charge in [0.05, 0.1) is 18.1 Å². The average Bonchev–Trinajstić information content (AvgIpc) is 2.87. The van der Waals surface area contributed by atoms with Gasteiger partial charge >= 0.3 is 0 Å². The molecule has 2 nitrogen and oxygen atoms in total. The molecule has 0 saturated carbocycles. The fraction of sp³-hybridized carbons (Fsp3) is 0.375. The second-order valence-corrected chi connectivity index (χ2v) is 5.37. The molecule has 0 spiro atoms. The summed E-state index contributed by atoms with van der Waals surface area (Å²) in [5.74, 6) is 0.533. The summed E-state index contributed by atoms with van der Waals surface area (Å²) < 4.78 is 5.10. The van der Waals surface area contributed by atoms with Crippen molar-refractivity contribution < 1.29 is 9.52 Å². The van der Waals surface area contributed by atoms with Gasteiger partial charge in [-0.15, -0.1) is 0 Å². The summed E-state index contributed by atoms with van der Waals surface area (Å²) in [6, 6.07) is 10.2. The molecule has 2 unspecified atom stereocenters. The minimum Gasteiger partial charge on any atom is -0.472 e. The minimum atomic E-state index is -0.743. The van der Waals surface area contributed by atoms with Crippen LogP contribution in [-0.2, 0) is 12.0 Å². The molecule has 0 fully saturated rings. The van der Waals surface area contributed by atoms with E-state index in [0.717, 1.165) is 24.0 Å². The molecule has 1 heterocycles. The molecule has 1 aromatic heterocycles. The zero-order chi connectivity index (χ0) is 12.6. The first-order valence-corrected chi connectivity index (χ1v) is 6.52. The third-order valence-corrected chi connectivity index (χ3v) is 4.06. The van der Waals surface area contributed by atoms with Gasteiger partial charge in [-0.05, 0) is 41.5 Å². The number of hydrogen-bond donors (Lipinski definition) is 1. The Morgan fingerprint density at radius 1 is 1.33 bits per heavy atom. The van der Waals surface area contributed by atoms with Crippen LogP contribution in [0.25, 0.3) is 0 Å². The first-order valence-electron chi connectivity index (χ1n) is 6.52. The molecular formula is C16H18O2. The van der Waals surface area contributed by atoms with Crippen LogP contribution >= 0.6 is 0 Å². The maximum Gasteiger partial charge on any atom is 0.0940 e. The summed E-state index contributed by atoms with van der Waals surface area (Å²) in [5, 5.41) is 11.0. The number of hydrogen-bond acceptors (Lipinski definition) is 2. The number of rotatable bonds is 2. The lowest BCUT2D eigenvalue weighted by atomic mass is 9.72. The van der Waals surface area contributed by atoms with E-state index in [1.807, 2.05) is 12.1 Å². The quantitative estimate of drug-likeness (QED) is 0.872. The lowest BCUT2D eigenvalue weighted by molar-refractivity contribution is 0.0158. The molecule has 1 aliphatic carbocycles. The van der Waals surface area contributed by atoms with Crippen molar-refractivity contribution in [2.75, 3.05) is 0 Å². The third kappa shape index (κ3) is 1.87.